The van der Waals surface area contributed by atoms with Gasteiger partial charge in [-0.2, -0.15) is 0 Å². The summed E-state index contributed by atoms with van der Waals surface area (Å²) in [5, 5.41) is 0. The van der Waals surface area contributed by atoms with E-state index in [1.165, 1.54) is 13.2 Å². The van der Waals surface area contributed by atoms with Gasteiger partial charge in [0.05, 0.1) is 7.11 Å². The lowest BCUT2D eigenvalue weighted by atomic mass is 10.5. The van der Waals surface area contributed by atoms with Gasteiger partial charge in [0.1, 0.15) is 13.2 Å². The second-order valence-electron chi connectivity index (χ2n) is 2.07. The lowest BCUT2D eigenvalue weighted by Crippen LogP contribution is -2.04. The first kappa shape index (κ1) is 12.2. The fourth-order valence-corrected chi connectivity index (χ4v) is 0.500. The third kappa shape index (κ3) is 6.90. The summed E-state index contributed by atoms with van der Waals surface area (Å²) in [7, 11) is 1.22. The average Bonchev–Trinajstić information content (AvgIpc) is 2.22. The van der Waals surface area contributed by atoms with Crippen LogP contribution >= 0.6 is 0 Å². The van der Waals surface area contributed by atoms with Crippen molar-refractivity contribution >= 4 is 12.1 Å². The van der Waals surface area contributed by atoms with Crippen molar-refractivity contribution in [1.82, 2.24) is 0 Å². The van der Waals surface area contributed by atoms with Gasteiger partial charge in [0, 0.05) is 6.08 Å². The van der Waals surface area contributed by atoms with Crippen LogP contribution in [0.4, 0.5) is 4.79 Å². The van der Waals surface area contributed by atoms with Crippen LogP contribution in [0.3, 0.4) is 0 Å². The normalized spacial score (nSPS) is 9.50. The van der Waals surface area contributed by atoms with E-state index in [-0.39, 0.29) is 13.2 Å². The van der Waals surface area contributed by atoms with E-state index in [9.17, 15) is 9.59 Å². The molecule has 0 aromatic carbocycles. The quantitative estimate of drug-likeness (QED) is 0.377. The smallest absolute Gasteiger partial charge is 0.458 e. The number of carbonyl (C=O) groups excluding carboxylic acids is 2. The first-order chi connectivity index (χ1) is 6.70. The Labute approximate surface area is 81.9 Å². The van der Waals surface area contributed by atoms with Crippen molar-refractivity contribution in [2.24, 2.45) is 0 Å². The Hall–Kier alpha value is -1.78. The van der Waals surface area contributed by atoms with Crippen LogP contribution in [0.2, 0.25) is 0 Å². The first-order valence-corrected chi connectivity index (χ1v) is 3.85. The SMILES string of the molecule is C=CC(=O)OC/C=C\COC(=O)OC. The molecule has 0 atom stereocenters. The highest BCUT2D eigenvalue weighted by Gasteiger charge is 1.95. The molecule has 0 bridgehead atoms. The van der Waals surface area contributed by atoms with Gasteiger partial charge in [-0.25, -0.2) is 9.59 Å². The number of hydrogen-bond acceptors (Lipinski definition) is 5. The van der Waals surface area contributed by atoms with Crippen LogP contribution in [0.25, 0.3) is 0 Å². The highest BCUT2D eigenvalue weighted by atomic mass is 16.7. The van der Waals surface area contributed by atoms with Crippen molar-refractivity contribution in [2.45, 2.75) is 0 Å². The summed E-state index contributed by atoms with van der Waals surface area (Å²) in [5.74, 6) is -0.497. The van der Waals surface area contributed by atoms with Gasteiger partial charge < -0.3 is 14.2 Å². The molecule has 0 saturated heterocycles. The molecule has 0 aliphatic rings. The molecule has 0 radical (unpaired) electrons. The second-order valence-corrected chi connectivity index (χ2v) is 2.07. The zero-order chi connectivity index (χ0) is 10.8. The summed E-state index contributed by atoms with van der Waals surface area (Å²) in [6.45, 7) is 3.43. The van der Waals surface area contributed by atoms with E-state index in [2.05, 4.69) is 20.8 Å². The fourth-order valence-electron chi connectivity index (χ4n) is 0.500. The van der Waals surface area contributed by atoms with E-state index in [0.29, 0.717) is 0 Å². The molecule has 0 aromatic heterocycles. The Morgan fingerprint density at radius 3 is 2.29 bits per heavy atom. The molecule has 0 fully saturated rings. The van der Waals surface area contributed by atoms with Gasteiger partial charge >= 0.3 is 12.1 Å². The maximum Gasteiger partial charge on any atom is 0.508 e. The Balaban J connectivity index is 3.41. The molecule has 0 aromatic rings. The molecule has 0 saturated carbocycles. The van der Waals surface area contributed by atoms with E-state index in [1.807, 2.05) is 0 Å². The Bertz CT molecular complexity index is 231. The average molecular weight is 200 g/mol. The molecule has 78 valence electrons. The zero-order valence-corrected chi connectivity index (χ0v) is 7.89. The first-order valence-electron chi connectivity index (χ1n) is 3.85. The van der Waals surface area contributed by atoms with Gasteiger partial charge in [-0.05, 0) is 12.2 Å². The summed E-state index contributed by atoms with van der Waals surface area (Å²) in [6, 6.07) is 0. The minimum Gasteiger partial charge on any atom is -0.458 e. The largest absolute Gasteiger partial charge is 0.508 e. The molecule has 0 unspecified atom stereocenters. The van der Waals surface area contributed by atoms with Crippen molar-refractivity contribution in [3.8, 4) is 0 Å². The molecule has 0 amide bonds. The summed E-state index contributed by atoms with van der Waals surface area (Å²) in [5.41, 5.74) is 0. The van der Waals surface area contributed by atoms with Crippen molar-refractivity contribution in [3.63, 3.8) is 0 Å². The molecule has 0 spiro atoms. The van der Waals surface area contributed by atoms with E-state index in [1.54, 1.807) is 6.08 Å². The summed E-state index contributed by atoms with van der Waals surface area (Å²) >= 11 is 0. The van der Waals surface area contributed by atoms with Crippen LogP contribution < -0.4 is 0 Å². The van der Waals surface area contributed by atoms with Crippen LogP contribution in [0, 0.1) is 0 Å². The fraction of sp³-hybridized carbons (Fsp3) is 0.333. The Kier molecular flexibility index (Phi) is 6.85. The lowest BCUT2D eigenvalue weighted by Gasteiger charge is -1.98. The second kappa shape index (κ2) is 7.85. The zero-order valence-electron chi connectivity index (χ0n) is 7.89. The molecule has 0 heterocycles. The number of carbonyl (C=O) groups is 2. The predicted molar refractivity (Wildman–Crippen MR) is 48.7 cm³/mol. The van der Waals surface area contributed by atoms with Gasteiger partial charge in [-0.3, -0.25) is 0 Å². The number of hydrogen-bond donors (Lipinski definition) is 0. The number of methoxy groups -OCH3 is 1. The number of rotatable bonds is 5. The summed E-state index contributed by atoms with van der Waals surface area (Å²) < 4.78 is 13.3. The molecule has 14 heavy (non-hydrogen) atoms. The van der Waals surface area contributed by atoms with Crippen LogP contribution in [-0.4, -0.2) is 32.4 Å². The van der Waals surface area contributed by atoms with Gasteiger partial charge in [0.2, 0.25) is 0 Å². The third-order valence-electron chi connectivity index (χ3n) is 1.12. The van der Waals surface area contributed by atoms with Gasteiger partial charge in [0.25, 0.3) is 0 Å². The predicted octanol–water partition coefficient (Wildman–Crippen LogP) is 1.05. The van der Waals surface area contributed by atoms with Crippen LogP contribution in [-0.2, 0) is 19.0 Å². The van der Waals surface area contributed by atoms with Gasteiger partial charge in [-0.1, -0.05) is 6.58 Å². The van der Waals surface area contributed by atoms with Crippen LogP contribution in [0.1, 0.15) is 0 Å². The van der Waals surface area contributed by atoms with Crippen molar-refractivity contribution in [3.05, 3.63) is 24.8 Å². The third-order valence-corrected chi connectivity index (χ3v) is 1.12. The molecule has 0 aliphatic carbocycles. The van der Waals surface area contributed by atoms with E-state index in [0.717, 1.165) is 6.08 Å². The molecular formula is C9H12O5. The minimum absolute atomic E-state index is 0.0817. The molecule has 5 heteroatoms. The van der Waals surface area contributed by atoms with Gasteiger partial charge in [-0.15, -0.1) is 0 Å². The molecule has 0 aliphatic heterocycles. The molecule has 0 N–H and O–H groups in total. The van der Waals surface area contributed by atoms with E-state index < -0.39 is 12.1 Å². The summed E-state index contributed by atoms with van der Waals surface area (Å²) in [4.78, 5) is 20.9. The van der Waals surface area contributed by atoms with Crippen molar-refractivity contribution < 1.29 is 23.8 Å². The number of ether oxygens (including phenoxy) is 3. The van der Waals surface area contributed by atoms with Gasteiger partial charge in [0.15, 0.2) is 0 Å². The monoisotopic (exact) mass is 200 g/mol. The van der Waals surface area contributed by atoms with Crippen molar-refractivity contribution in [2.75, 3.05) is 20.3 Å². The molecule has 0 rings (SSSR count). The minimum atomic E-state index is -0.752. The Morgan fingerprint density at radius 2 is 1.79 bits per heavy atom. The topological polar surface area (TPSA) is 61.8 Å². The molecule has 5 nitrogen and oxygen atoms in total. The number of esters is 1. The van der Waals surface area contributed by atoms with E-state index in [4.69, 9.17) is 0 Å². The van der Waals surface area contributed by atoms with Crippen LogP contribution in [0.15, 0.2) is 24.8 Å². The van der Waals surface area contributed by atoms with Crippen LogP contribution in [0.5, 0.6) is 0 Å². The highest BCUT2D eigenvalue weighted by Crippen LogP contribution is 1.85. The Morgan fingerprint density at radius 1 is 1.21 bits per heavy atom. The summed E-state index contributed by atoms with van der Waals surface area (Å²) in [6.07, 6.45) is 3.40. The maximum atomic E-state index is 10.5. The van der Waals surface area contributed by atoms with Crippen molar-refractivity contribution in [1.29, 1.82) is 0 Å². The maximum absolute atomic E-state index is 10.5. The standard InChI is InChI=1S/C9H12O5/c1-3-8(10)13-6-4-5-7-14-9(11)12-2/h3-5H,1,6-7H2,2H3/b5-4-. The van der Waals surface area contributed by atoms with E-state index >= 15 is 0 Å². The molecular weight excluding hydrogens is 188 g/mol. The lowest BCUT2D eigenvalue weighted by molar-refractivity contribution is -0.136. The highest BCUT2D eigenvalue weighted by molar-refractivity contribution is 5.81.